The Balaban J connectivity index is 1.27. The number of thiol groups is 1. The van der Waals surface area contributed by atoms with Crippen molar-refractivity contribution in [2.24, 2.45) is 16.5 Å². The summed E-state index contributed by atoms with van der Waals surface area (Å²) in [7, 11) is 0. The maximum atomic E-state index is 14.1. The van der Waals surface area contributed by atoms with Gasteiger partial charge in [-0.1, -0.05) is 140 Å². The van der Waals surface area contributed by atoms with Gasteiger partial charge in [-0.05, 0) is 58.2 Å². The molecule has 0 saturated carbocycles. The van der Waals surface area contributed by atoms with Crippen LogP contribution in [0.15, 0.2) is 145 Å². The SMILES string of the molecule is NC(N)=NCCCC(NC(=O)C(CS)NC(=O)Cc1ccc(-c2ccccc2)cc1)C(=O)NC(Cc1ccc(-c2ccccc2)cc1)C(=O)NCCc1ccccc1. The normalized spacial score (nSPS) is 12.3. The van der Waals surface area contributed by atoms with Gasteiger partial charge in [0.1, 0.15) is 18.1 Å². The number of carbonyl (C=O) groups is 4. The van der Waals surface area contributed by atoms with Gasteiger partial charge in [0.05, 0.1) is 6.42 Å². The van der Waals surface area contributed by atoms with Crippen molar-refractivity contribution in [2.45, 2.75) is 50.2 Å². The topological polar surface area (TPSA) is 181 Å². The van der Waals surface area contributed by atoms with Crippen LogP contribution in [0.25, 0.3) is 22.3 Å². The van der Waals surface area contributed by atoms with Crippen LogP contribution in [0.2, 0.25) is 0 Å². The molecule has 0 aliphatic carbocycles. The summed E-state index contributed by atoms with van der Waals surface area (Å²) >= 11 is 4.34. The second-order valence-electron chi connectivity index (χ2n) is 13.9. The molecular weight excluding hydrogens is 747 g/mol. The highest BCUT2D eigenvalue weighted by Crippen LogP contribution is 2.21. The van der Waals surface area contributed by atoms with E-state index in [4.69, 9.17) is 11.5 Å². The van der Waals surface area contributed by atoms with E-state index in [1.54, 1.807) is 0 Å². The summed E-state index contributed by atoms with van der Waals surface area (Å²) in [6.07, 6.45) is 1.36. The van der Waals surface area contributed by atoms with Gasteiger partial charge in [-0.25, -0.2) is 0 Å². The lowest BCUT2D eigenvalue weighted by atomic mass is 9.99. The third kappa shape index (κ3) is 13.7. The Morgan fingerprint density at radius 2 is 1.05 bits per heavy atom. The molecule has 3 unspecified atom stereocenters. The van der Waals surface area contributed by atoms with Crippen molar-refractivity contribution < 1.29 is 19.2 Å². The first-order chi connectivity index (χ1) is 28.2. The van der Waals surface area contributed by atoms with Crippen molar-refractivity contribution in [3.8, 4) is 22.3 Å². The third-order valence-electron chi connectivity index (χ3n) is 9.53. The molecule has 0 heterocycles. The maximum Gasteiger partial charge on any atom is 0.244 e. The molecule has 300 valence electrons. The highest BCUT2D eigenvalue weighted by Gasteiger charge is 2.29. The van der Waals surface area contributed by atoms with Crippen molar-refractivity contribution in [3.63, 3.8) is 0 Å². The van der Waals surface area contributed by atoms with Crippen LogP contribution in [0, 0.1) is 0 Å². The fraction of sp³-hybridized carbons (Fsp3) is 0.239. The molecule has 5 aromatic rings. The summed E-state index contributed by atoms with van der Waals surface area (Å²) in [4.78, 5) is 58.6. The van der Waals surface area contributed by atoms with Gasteiger partial charge in [-0.15, -0.1) is 0 Å². The van der Waals surface area contributed by atoms with Crippen molar-refractivity contribution in [2.75, 3.05) is 18.8 Å². The van der Waals surface area contributed by atoms with Crippen molar-refractivity contribution in [3.05, 3.63) is 156 Å². The zero-order valence-corrected chi connectivity index (χ0v) is 33.2. The maximum absolute atomic E-state index is 14.1. The molecule has 3 atom stereocenters. The van der Waals surface area contributed by atoms with E-state index < -0.39 is 29.9 Å². The minimum Gasteiger partial charge on any atom is -0.370 e. The summed E-state index contributed by atoms with van der Waals surface area (Å²) in [6.45, 7) is 0.580. The number of rotatable bonds is 20. The first-order valence-corrected chi connectivity index (χ1v) is 20.0. The van der Waals surface area contributed by atoms with Gasteiger partial charge in [-0.2, -0.15) is 12.6 Å². The monoisotopic (exact) mass is 797 g/mol. The van der Waals surface area contributed by atoms with E-state index >= 15 is 0 Å². The van der Waals surface area contributed by atoms with Gasteiger partial charge in [-0.3, -0.25) is 24.2 Å². The summed E-state index contributed by atoms with van der Waals surface area (Å²) in [6, 6.07) is 42.0. The van der Waals surface area contributed by atoms with Crippen molar-refractivity contribution in [1.82, 2.24) is 21.3 Å². The minimum absolute atomic E-state index is 0.0156. The number of carbonyl (C=O) groups excluding carboxylic acids is 4. The molecule has 4 amide bonds. The van der Waals surface area contributed by atoms with E-state index in [0.29, 0.717) is 19.4 Å². The molecule has 0 bridgehead atoms. The zero-order valence-electron chi connectivity index (χ0n) is 32.4. The third-order valence-corrected chi connectivity index (χ3v) is 9.89. The number of amides is 4. The number of hydrogen-bond acceptors (Lipinski definition) is 6. The standard InChI is InChI=1S/C46H51N7O4S/c47-46(48)50-27-10-17-39(52-45(57)41(31-58)51-42(54)30-34-20-24-38(25-21-34)36-15-8-3-9-16-36)44(56)53-40(43(55)49-28-26-32-11-4-1-5-12-32)29-33-18-22-37(23-19-33)35-13-6-2-7-14-35/h1-9,11-16,18-25,39-41,58H,10,17,26-31H2,(H,49,55)(H,51,54)(H,52,57)(H,53,56)(H4,47,48,50). The van der Waals surface area contributed by atoms with Crippen molar-refractivity contribution >= 4 is 42.2 Å². The molecule has 0 spiro atoms. The molecule has 0 aliphatic rings. The van der Waals surface area contributed by atoms with Gasteiger partial charge in [0.25, 0.3) is 0 Å². The number of nitrogens with one attached hydrogen (secondary N) is 4. The number of nitrogens with two attached hydrogens (primary N) is 2. The van der Waals surface area contributed by atoms with E-state index in [1.807, 2.05) is 140 Å². The summed E-state index contributed by atoms with van der Waals surface area (Å²) in [5.74, 6) is -2.00. The highest BCUT2D eigenvalue weighted by molar-refractivity contribution is 7.80. The predicted molar refractivity (Wildman–Crippen MR) is 234 cm³/mol. The fourth-order valence-corrected chi connectivity index (χ4v) is 6.65. The van der Waals surface area contributed by atoms with Crippen LogP contribution in [0.3, 0.4) is 0 Å². The van der Waals surface area contributed by atoms with Crippen LogP contribution in [0.1, 0.15) is 29.5 Å². The van der Waals surface area contributed by atoms with E-state index in [-0.39, 0.29) is 49.3 Å². The number of guanidine groups is 1. The van der Waals surface area contributed by atoms with Crippen LogP contribution < -0.4 is 32.7 Å². The molecule has 0 fully saturated rings. The molecule has 58 heavy (non-hydrogen) atoms. The number of aliphatic imine (C=N–C) groups is 1. The lowest BCUT2D eigenvalue weighted by Crippen LogP contribution is -2.57. The first kappa shape index (κ1) is 42.7. The van der Waals surface area contributed by atoms with Crippen molar-refractivity contribution in [1.29, 1.82) is 0 Å². The summed E-state index contributed by atoms with van der Waals surface area (Å²) in [5.41, 5.74) is 17.9. The Bertz CT molecular complexity index is 2100. The Morgan fingerprint density at radius 1 is 0.552 bits per heavy atom. The number of benzene rings is 5. The molecular formula is C46H51N7O4S. The zero-order chi connectivity index (χ0) is 41.1. The Hall–Kier alpha value is -6.40. The molecule has 5 aromatic carbocycles. The molecule has 5 rings (SSSR count). The molecule has 11 nitrogen and oxygen atoms in total. The van der Waals surface area contributed by atoms with E-state index in [1.165, 1.54) is 0 Å². The Morgan fingerprint density at radius 3 is 1.60 bits per heavy atom. The second kappa shape index (κ2) is 22.4. The summed E-state index contributed by atoms with van der Waals surface area (Å²) in [5, 5.41) is 11.4. The molecule has 0 aromatic heterocycles. The van der Waals surface area contributed by atoms with E-state index in [9.17, 15) is 19.2 Å². The Kier molecular flexibility index (Phi) is 16.5. The average Bonchev–Trinajstić information content (AvgIpc) is 3.25. The van der Waals surface area contributed by atoms with Crippen LogP contribution in [-0.2, 0) is 38.4 Å². The predicted octanol–water partition coefficient (Wildman–Crippen LogP) is 4.60. The molecule has 12 heteroatoms. The largest absolute Gasteiger partial charge is 0.370 e. The van der Waals surface area contributed by atoms with Gasteiger partial charge < -0.3 is 32.7 Å². The van der Waals surface area contributed by atoms with E-state index in [0.717, 1.165) is 38.9 Å². The molecule has 8 N–H and O–H groups in total. The summed E-state index contributed by atoms with van der Waals surface area (Å²) < 4.78 is 0. The van der Waals surface area contributed by atoms with E-state index in [2.05, 4.69) is 38.9 Å². The molecule has 0 radical (unpaired) electrons. The number of hydrogen-bond donors (Lipinski definition) is 7. The van der Waals surface area contributed by atoms with Gasteiger partial charge in [0.2, 0.25) is 23.6 Å². The van der Waals surface area contributed by atoms with Gasteiger partial charge in [0.15, 0.2) is 5.96 Å². The highest BCUT2D eigenvalue weighted by atomic mass is 32.1. The lowest BCUT2D eigenvalue weighted by Gasteiger charge is -2.25. The minimum atomic E-state index is -1.08. The Labute approximate surface area is 345 Å². The van der Waals surface area contributed by atoms with Gasteiger partial charge >= 0.3 is 0 Å². The molecule has 0 aliphatic heterocycles. The van der Waals surface area contributed by atoms with Crippen LogP contribution in [0.5, 0.6) is 0 Å². The second-order valence-corrected chi connectivity index (χ2v) is 14.3. The smallest absolute Gasteiger partial charge is 0.244 e. The lowest BCUT2D eigenvalue weighted by molar-refractivity contribution is -0.133. The molecule has 0 saturated heterocycles. The van der Waals surface area contributed by atoms with Crippen LogP contribution >= 0.6 is 12.6 Å². The van der Waals surface area contributed by atoms with Gasteiger partial charge in [0, 0.05) is 25.3 Å². The quantitative estimate of drug-likeness (QED) is 0.0262. The fourth-order valence-electron chi connectivity index (χ4n) is 6.39. The first-order valence-electron chi connectivity index (χ1n) is 19.3. The van der Waals surface area contributed by atoms with Crippen LogP contribution in [0.4, 0.5) is 0 Å². The van der Waals surface area contributed by atoms with Crippen LogP contribution in [-0.4, -0.2) is 66.6 Å². The number of nitrogens with zero attached hydrogens (tertiary/aromatic N) is 1. The average molecular weight is 798 g/mol.